The Labute approximate surface area is 233 Å². The van der Waals surface area contributed by atoms with Gasteiger partial charge in [0, 0.05) is 31.4 Å². The predicted octanol–water partition coefficient (Wildman–Crippen LogP) is 4.96. The molecule has 14 heteroatoms. The van der Waals surface area contributed by atoms with Gasteiger partial charge in [0.15, 0.2) is 11.6 Å². The van der Waals surface area contributed by atoms with Crippen molar-refractivity contribution >= 4 is 21.7 Å². The van der Waals surface area contributed by atoms with Gasteiger partial charge in [-0.3, -0.25) is 4.72 Å². The first-order valence-electron chi connectivity index (χ1n) is 12.4. The van der Waals surface area contributed by atoms with Crippen LogP contribution in [0.15, 0.2) is 73.1 Å². The SMILES string of the molecule is O=S(=O)(Cc1ccccc1)Nc1ccc(Oc2ncccc2-c2ccnc(N[C@@H]3CNCC(F)(F)C3)n2)c(F)c1F. The normalized spacial score (nSPS) is 16.6. The van der Waals surface area contributed by atoms with Gasteiger partial charge in [0.25, 0.3) is 5.92 Å². The van der Waals surface area contributed by atoms with Crippen molar-refractivity contribution in [2.45, 2.75) is 24.1 Å². The number of anilines is 2. The summed E-state index contributed by atoms with van der Waals surface area (Å²) >= 11 is 0. The zero-order valence-electron chi connectivity index (χ0n) is 21.3. The molecule has 0 saturated carbocycles. The Kier molecular flexibility index (Phi) is 8.03. The molecule has 1 aliphatic heterocycles. The van der Waals surface area contributed by atoms with Gasteiger partial charge in [-0.05, 0) is 35.9 Å². The van der Waals surface area contributed by atoms with E-state index in [9.17, 15) is 21.6 Å². The highest BCUT2D eigenvalue weighted by Gasteiger charge is 2.36. The van der Waals surface area contributed by atoms with Gasteiger partial charge in [-0.1, -0.05) is 30.3 Å². The molecule has 0 bridgehead atoms. The first-order valence-corrected chi connectivity index (χ1v) is 14.1. The second-order valence-electron chi connectivity index (χ2n) is 9.34. The number of alkyl halides is 2. The molecule has 3 heterocycles. The van der Waals surface area contributed by atoms with Crippen LogP contribution in [-0.2, 0) is 15.8 Å². The van der Waals surface area contributed by atoms with Crippen molar-refractivity contribution < 1.29 is 30.7 Å². The molecule has 41 heavy (non-hydrogen) atoms. The molecule has 3 N–H and O–H groups in total. The molecule has 0 aliphatic carbocycles. The van der Waals surface area contributed by atoms with Gasteiger partial charge in [-0.25, -0.2) is 36.5 Å². The minimum absolute atomic E-state index is 0.0890. The van der Waals surface area contributed by atoms with E-state index in [4.69, 9.17) is 4.74 Å². The lowest BCUT2D eigenvalue weighted by molar-refractivity contribution is -0.0244. The lowest BCUT2D eigenvalue weighted by Crippen LogP contribution is -2.49. The van der Waals surface area contributed by atoms with Crippen molar-refractivity contribution in [2.75, 3.05) is 23.1 Å². The van der Waals surface area contributed by atoms with E-state index in [1.54, 1.807) is 42.5 Å². The quantitative estimate of drug-likeness (QED) is 0.235. The summed E-state index contributed by atoms with van der Waals surface area (Å²) in [6, 6.07) is 14.4. The molecule has 2 aromatic heterocycles. The molecule has 5 rings (SSSR count). The molecular formula is C27H24F4N6O3S. The highest BCUT2D eigenvalue weighted by molar-refractivity contribution is 7.91. The minimum atomic E-state index is -4.04. The van der Waals surface area contributed by atoms with Crippen molar-refractivity contribution in [3.8, 4) is 22.9 Å². The van der Waals surface area contributed by atoms with Crippen LogP contribution in [-0.4, -0.2) is 48.4 Å². The van der Waals surface area contributed by atoms with Gasteiger partial charge < -0.3 is 15.4 Å². The highest BCUT2D eigenvalue weighted by atomic mass is 32.2. The lowest BCUT2D eigenvalue weighted by atomic mass is 10.0. The van der Waals surface area contributed by atoms with Crippen molar-refractivity contribution in [3.05, 3.63) is 90.3 Å². The Balaban J connectivity index is 1.34. The third-order valence-corrected chi connectivity index (χ3v) is 7.32. The van der Waals surface area contributed by atoms with Crippen LogP contribution >= 0.6 is 0 Å². The summed E-state index contributed by atoms with van der Waals surface area (Å²) in [6.07, 6.45) is 2.39. The minimum Gasteiger partial charge on any atom is -0.435 e. The van der Waals surface area contributed by atoms with Crippen LogP contribution in [0.5, 0.6) is 11.6 Å². The van der Waals surface area contributed by atoms with E-state index < -0.39 is 63.8 Å². The molecule has 9 nitrogen and oxygen atoms in total. The monoisotopic (exact) mass is 588 g/mol. The number of nitrogens with zero attached hydrogens (tertiary/aromatic N) is 3. The molecule has 0 amide bonds. The van der Waals surface area contributed by atoms with Gasteiger partial charge in [-0.2, -0.15) is 4.39 Å². The summed E-state index contributed by atoms with van der Waals surface area (Å²) < 4.78 is 90.1. The Hall–Kier alpha value is -4.30. The van der Waals surface area contributed by atoms with E-state index in [0.717, 1.165) is 12.1 Å². The maximum absolute atomic E-state index is 15.0. The highest BCUT2D eigenvalue weighted by Crippen LogP contribution is 2.34. The maximum atomic E-state index is 15.0. The number of halogens is 4. The lowest BCUT2D eigenvalue weighted by Gasteiger charge is -2.30. The van der Waals surface area contributed by atoms with Crippen LogP contribution in [0.1, 0.15) is 12.0 Å². The van der Waals surface area contributed by atoms with Gasteiger partial charge in [0.1, 0.15) is 0 Å². The number of piperidine rings is 1. The molecule has 214 valence electrons. The molecule has 0 radical (unpaired) electrons. The van der Waals surface area contributed by atoms with E-state index in [-0.39, 0.29) is 23.1 Å². The average molecular weight is 589 g/mol. The van der Waals surface area contributed by atoms with Crippen LogP contribution in [0.25, 0.3) is 11.3 Å². The van der Waals surface area contributed by atoms with Gasteiger partial charge >= 0.3 is 0 Å². The summed E-state index contributed by atoms with van der Waals surface area (Å²) in [5, 5.41) is 5.54. The molecule has 2 aromatic carbocycles. The molecule has 1 saturated heterocycles. The third-order valence-electron chi connectivity index (χ3n) is 6.07. The smallest absolute Gasteiger partial charge is 0.262 e. The third kappa shape index (κ3) is 7.08. The first kappa shape index (κ1) is 28.2. The fourth-order valence-corrected chi connectivity index (χ4v) is 5.45. The Morgan fingerprint density at radius 2 is 1.78 bits per heavy atom. The molecule has 4 aromatic rings. The molecular weight excluding hydrogens is 564 g/mol. The summed E-state index contributed by atoms with van der Waals surface area (Å²) in [7, 11) is -4.04. The number of nitrogens with one attached hydrogen (secondary N) is 3. The number of hydrogen-bond acceptors (Lipinski definition) is 8. The summed E-state index contributed by atoms with van der Waals surface area (Å²) in [6.45, 7) is -0.103. The van der Waals surface area contributed by atoms with Gasteiger partial charge in [-0.15, -0.1) is 0 Å². The van der Waals surface area contributed by atoms with Crippen molar-refractivity contribution in [1.82, 2.24) is 20.3 Å². The summed E-state index contributed by atoms with van der Waals surface area (Å²) in [5.74, 6) is -6.77. The molecule has 1 fully saturated rings. The van der Waals surface area contributed by atoms with Crippen LogP contribution < -0.4 is 20.1 Å². The summed E-state index contributed by atoms with van der Waals surface area (Å²) in [5.41, 5.74) is 0.464. The van der Waals surface area contributed by atoms with E-state index in [1.165, 1.54) is 18.5 Å². The van der Waals surface area contributed by atoms with E-state index in [1.807, 2.05) is 0 Å². The molecule has 1 aliphatic rings. The topological polar surface area (TPSA) is 118 Å². The van der Waals surface area contributed by atoms with Crippen LogP contribution in [0, 0.1) is 11.6 Å². The zero-order valence-corrected chi connectivity index (χ0v) is 22.1. The fraction of sp³-hybridized carbons (Fsp3) is 0.222. The fourth-order valence-electron chi connectivity index (χ4n) is 4.25. The first-order chi connectivity index (χ1) is 19.6. The van der Waals surface area contributed by atoms with Crippen LogP contribution in [0.3, 0.4) is 0 Å². The van der Waals surface area contributed by atoms with Crippen molar-refractivity contribution in [1.29, 1.82) is 0 Å². The largest absolute Gasteiger partial charge is 0.435 e. The van der Waals surface area contributed by atoms with E-state index >= 15 is 4.39 Å². The molecule has 1 atom stereocenters. The number of benzene rings is 2. The van der Waals surface area contributed by atoms with Gasteiger partial charge in [0.05, 0.1) is 29.2 Å². The predicted molar refractivity (Wildman–Crippen MR) is 144 cm³/mol. The Morgan fingerprint density at radius 1 is 0.976 bits per heavy atom. The molecule has 0 spiro atoms. The van der Waals surface area contributed by atoms with Gasteiger partial charge in [0.2, 0.25) is 27.7 Å². The standard InChI is InChI=1S/C27H24F4N6O3S/c28-23-21(37-41(38,39)15-17-5-2-1-3-6-17)8-9-22(24(23)29)40-25-19(7-4-11-33-25)20-10-12-34-26(36-20)35-18-13-27(30,31)16-32-14-18/h1-12,18,32,37H,13-16H2,(H,34,35,36)/t18-/m0/s1. The number of ether oxygens (including phenoxy) is 1. The van der Waals surface area contributed by atoms with Crippen LogP contribution in [0.2, 0.25) is 0 Å². The second-order valence-corrected chi connectivity index (χ2v) is 11.1. The van der Waals surface area contributed by atoms with Crippen molar-refractivity contribution in [2.24, 2.45) is 0 Å². The molecule has 0 unspecified atom stereocenters. The Morgan fingerprint density at radius 3 is 2.56 bits per heavy atom. The average Bonchev–Trinajstić information content (AvgIpc) is 2.93. The van der Waals surface area contributed by atoms with Crippen molar-refractivity contribution in [3.63, 3.8) is 0 Å². The second kappa shape index (κ2) is 11.7. The Bertz CT molecular complexity index is 1640. The van der Waals surface area contributed by atoms with E-state index in [2.05, 4.69) is 30.3 Å². The number of pyridine rings is 1. The maximum Gasteiger partial charge on any atom is 0.262 e. The number of sulfonamides is 1. The van der Waals surface area contributed by atoms with Crippen LogP contribution in [0.4, 0.5) is 29.2 Å². The van der Waals surface area contributed by atoms with E-state index in [0.29, 0.717) is 12.1 Å². The zero-order chi connectivity index (χ0) is 29.0. The number of aromatic nitrogens is 3. The summed E-state index contributed by atoms with van der Waals surface area (Å²) in [4.78, 5) is 12.5. The number of hydrogen-bond donors (Lipinski definition) is 3. The number of rotatable bonds is 9.